The first-order chi connectivity index (χ1) is 11.3. The normalized spacial score (nSPS) is 33.1. The standard InChI is InChI=1S/C16H12F3N3O2/c17-9-1-8(2-10(18)3-9)11-4-12(23)13-20-22(14(24)21(11)13)16-5-15(19,6-16)7-16/h1-3,11H,4-7H2. The molecule has 2 heterocycles. The Morgan fingerprint density at radius 1 is 1.08 bits per heavy atom. The lowest BCUT2D eigenvalue weighted by molar-refractivity contribution is -0.205. The van der Waals surface area contributed by atoms with E-state index >= 15 is 0 Å². The minimum atomic E-state index is -1.21. The maximum absolute atomic E-state index is 13.7. The molecular weight excluding hydrogens is 323 g/mol. The lowest BCUT2D eigenvalue weighted by Crippen LogP contribution is -2.72. The van der Waals surface area contributed by atoms with E-state index in [4.69, 9.17) is 0 Å². The molecule has 2 aromatic rings. The van der Waals surface area contributed by atoms with Crippen LogP contribution in [-0.4, -0.2) is 25.8 Å². The summed E-state index contributed by atoms with van der Waals surface area (Å²) in [6.07, 6.45) is 0.610. The zero-order valence-corrected chi connectivity index (χ0v) is 12.4. The summed E-state index contributed by atoms with van der Waals surface area (Å²) in [4.78, 5) is 24.9. The van der Waals surface area contributed by atoms with Gasteiger partial charge in [-0.05, 0) is 17.7 Å². The van der Waals surface area contributed by atoms with Gasteiger partial charge in [-0.25, -0.2) is 22.6 Å². The number of nitrogens with zero attached hydrogens (tertiary/aromatic N) is 3. The molecule has 6 rings (SSSR count). The topological polar surface area (TPSA) is 56.9 Å². The average Bonchev–Trinajstić information content (AvgIpc) is 2.93. The SMILES string of the molecule is O=C1CC(c2cc(F)cc(F)c2)n2c1nn(C13CC(F)(C1)C3)c2=O. The third kappa shape index (κ3) is 1.58. The Morgan fingerprint density at radius 3 is 2.29 bits per heavy atom. The van der Waals surface area contributed by atoms with Crippen LogP contribution in [-0.2, 0) is 5.54 Å². The van der Waals surface area contributed by atoms with Crippen molar-refractivity contribution in [2.75, 3.05) is 0 Å². The number of Topliss-reactive ketones (excluding diaryl/α,β-unsaturated/α-hetero) is 1. The van der Waals surface area contributed by atoms with Crippen LogP contribution in [0.3, 0.4) is 0 Å². The van der Waals surface area contributed by atoms with Crippen molar-refractivity contribution in [3.05, 3.63) is 51.7 Å². The second-order valence-electron chi connectivity index (χ2n) is 7.14. The number of carbonyl (C=O) groups excluding carboxylic acids is 1. The van der Waals surface area contributed by atoms with Crippen molar-refractivity contribution in [2.45, 2.75) is 42.9 Å². The lowest BCUT2D eigenvalue weighted by Gasteiger charge is -2.64. The predicted molar refractivity (Wildman–Crippen MR) is 75.6 cm³/mol. The quantitative estimate of drug-likeness (QED) is 0.844. The summed E-state index contributed by atoms with van der Waals surface area (Å²) >= 11 is 0. The molecule has 0 amide bonds. The first-order valence-electron chi connectivity index (χ1n) is 7.71. The number of benzene rings is 1. The van der Waals surface area contributed by atoms with Gasteiger partial charge in [-0.15, -0.1) is 5.10 Å². The summed E-state index contributed by atoms with van der Waals surface area (Å²) in [6.45, 7) is 0. The van der Waals surface area contributed by atoms with Crippen LogP contribution in [0.25, 0.3) is 0 Å². The molecule has 1 unspecified atom stereocenters. The third-order valence-corrected chi connectivity index (χ3v) is 5.41. The van der Waals surface area contributed by atoms with Gasteiger partial charge in [0.15, 0.2) is 0 Å². The van der Waals surface area contributed by atoms with E-state index in [-0.39, 0.29) is 42.9 Å². The number of halogens is 3. The van der Waals surface area contributed by atoms with Crippen molar-refractivity contribution >= 4 is 5.78 Å². The van der Waals surface area contributed by atoms with Gasteiger partial charge in [0.2, 0.25) is 11.6 Å². The molecule has 8 heteroatoms. The van der Waals surface area contributed by atoms with Crippen molar-refractivity contribution in [3.63, 3.8) is 0 Å². The summed E-state index contributed by atoms with van der Waals surface area (Å²) in [7, 11) is 0. The third-order valence-electron chi connectivity index (χ3n) is 5.41. The van der Waals surface area contributed by atoms with Gasteiger partial charge in [-0.3, -0.25) is 9.36 Å². The Bertz CT molecular complexity index is 937. The zero-order valence-electron chi connectivity index (χ0n) is 12.4. The van der Waals surface area contributed by atoms with Crippen LogP contribution in [0.1, 0.15) is 47.9 Å². The highest BCUT2D eigenvalue weighted by Crippen LogP contribution is 2.66. The molecule has 1 aromatic carbocycles. The molecule has 0 saturated heterocycles. The average molecular weight is 335 g/mol. The van der Waals surface area contributed by atoms with Gasteiger partial charge in [0.25, 0.3) is 0 Å². The maximum Gasteiger partial charge on any atom is 0.347 e. The molecule has 3 saturated carbocycles. The van der Waals surface area contributed by atoms with Gasteiger partial charge in [-0.1, -0.05) is 0 Å². The van der Waals surface area contributed by atoms with E-state index in [9.17, 15) is 22.8 Å². The Hall–Kier alpha value is -2.38. The van der Waals surface area contributed by atoms with Crippen LogP contribution in [0, 0.1) is 11.6 Å². The van der Waals surface area contributed by atoms with Gasteiger partial charge < -0.3 is 0 Å². The number of carbonyl (C=O) groups is 1. The minimum Gasteiger partial charge on any atom is -0.291 e. The highest BCUT2D eigenvalue weighted by atomic mass is 19.1. The lowest BCUT2D eigenvalue weighted by atomic mass is 9.47. The molecule has 0 spiro atoms. The van der Waals surface area contributed by atoms with Crippen LogP contribution < -0.4 is 5.69 Å². The summed E-state index contributed by atoms with van der Waals surface area (Å²) in [5.74, 6) is -1.93. The van der Waals surface area contributed by atoms with E-state index in [1.165, 1.54) is 9.25 Å². The van der Waals surface area contributed by atoms with Crippen molar-refractivity contribution in [1.29, 1.82) is 0 Å². The van der Waals surface area contributed by atoms with Gasteiger partial charge in [0, 0.05) is 31.7 Å². The first-order valence-corrected chi connectivity index (χ1v) is 7.71. The second-order valence-corrected chi connectivity index (χ2v) is 7.14. The molecule has 3 aliphatic carbocycles. The first kappa shape index (κ1) is 14.0. The summed E-state index contributed by atoms with van der Waals surface area (Å²) in [6, 6.07) is 2.16. The summed E-state index contributed by atoms with van der Waals surface area (Å²) in [5.41, 5.74) is -2.16. The van der Waals surface area contributed by atoms with E-state index in [2.05, 4.69) is 5.10 Å². The zero-order chi connectivity index (χ0) is 16.9. The van der Waals surface area contributed by atoms with Gasteiger partial charge in [0.05, 0.1) is 11.6 Å². The van der Waals surface area contributed by atoms with Crippen molar-refractivity contribution < 1.29 is 18.0 Å². The van der Waals surface area contributed by atoms with E-state index < -0.39 is 34.6 Å². The largest absolute Gasteiger partial charge is 0.347 e. The summed E-state index contributed by atoms with van der Waals surface area (Å²) in [5, 5.41) is 4.12. The molecule has 0 radical (unpaired) electrons. The summed E-state index contributed by atoms with van der Waals surface area (Å²) < 4.78 is 43.1. The van der Waals surface area contributed by atoms with E-state index in [0.29, 0.717) is 0 Å². The molecule has 1 aromatic heterocycles. The van der Waals surface area contributed by atoms with Crippen LogP contribution in [0.2, 0.25) is 0 Å². The van der Waals surface area contributed by atoms with Crippen LogP contribution >= 0.6 is 0 Å². The maximum atomic E-state index is 13.7. The van der Waals surface area contributed by atoms with Crippen LogP contribution in [0.4, 0.5) is 13.2 Å². The number of aromatic nitrogens is 3. The minimum absolute atomic E-state index is 0.0210. The van der Waals surface area contributed by atoms with Crippen molar-refractivity contribution in [3.8, 4) is 0 Å². The number of fused-ring (bicyclic) bond motifs is 1. The van der Waals surface area contributed by atoms with Crippen LogP contribution in [0.15, 0.2) is 23.0 Å². The molecule has 1 atom stereocenters. The number of ketones is 1. The van der Waals surface area contributed by atoms with Gasteiger partial charge in [-0.2, -0.15) is 0 Å². The fourth-order valence-electron chi connectivity index (χ4n) is 4.39. The molecule has 3 fully saturated rings. The van der Waals surface area contributed by atoms with Crippen LogP contribution in [0.5, 0.6) is 0 Å². The van der Waals surface area contributed by atoms with E-state index in [1.54, 1.807) is 0 Å². The molecule has 0 N–H and O–H groups in total. The van der Waals surface area contributed by atoms with Gasteiger partial charge in [0.1, 0.15) is 17.3 Å². The van der Waals surface area contributed by atoms with E-state index in [1.807, 2.05) is 0 Å². The highest BCUT2D eigenvalue weighted by Gasteiger charge is 2.72. The Labute approximate surface area is 133 Å². The smallest absolute Gasteiger partial charge is 0.291 e. The molecule has 124 valence electrons. The Kier molecular flexibility index (Phi) is 2.33. The Balaban J connectivity index is 1.63. The number of rotatable bonds is 2. The molecule has 1 aliphatic heterocycles. The molecular formula is C16H12F3N3O2. The number of alkyl halides is 1. The molecule has 4 aliphatic rings. The number of hydrogen-bond donors (Lipinski definition) is 0. The second kappa shape index (κ2) is 3.99. The van der Waals surface area contributed by atoms with Crippen molar-refractivity contribution in [2.24, 2.45) is 0 Å². The Morgan fingerprint density at radius 2 is 1.71 bits per heavy atom. The monoisotopic (exact) mass is 335 g/mol. The molecule has 2 bridgehead atoms. The highest BCUT2D eigenvalue weighted by molar-refractivity contribution is 5.95. The van der Waals surface area contributed by atoms with E-state index in [0.717, 1.165) is 18.2 Å². The number of hydrogen-bond acceptors (Lipinski definition) is 3. The van der Waals surface area contributed by atoms with Crippen molar-refractivity contribution in [1.82, 2.24) is 14.3 Å². The molecule has 24 heavy (non-hydrogen) atoms. The predicted octanol–water partition coefficient (Wildman–Crippen LogP) is 2.10. The fraction of sp³-hybridized carbons (Fsp3) is 0.438. The van der Waals surface area contributed by atoms with Gasteiger partial charge >= 0.3 is 5.69 Å². The fourth-order valence-corrected chi connectivity index (χ4v) is 4.39. The molecule has 5 nitrogen and oxygen atoms in total.